The van der Waals surface area contributed by atoms with Crippen molar-refractivity contribution in [2.45, 2.75) is 31.8 Å². The lowest BCUT2D eigenvalue weighted by molar-refractivity contribution is -0.143. The number of alkyl halides is 6. The molecule has 0 spiro atoms. The van der Waals surface area contributed by atoms with Crippen molar-refractivity contribution in [2.24, 2.45) is 0 Å². The summed E-state index contributed by atoms with van der Waals surface area (Å²) in [7, 11) is 0. The maximum atomic E-state index is 13.5. The number of benzene rings is 2. The fraction of sp³-hybridized carbons (Fsp3) is 0.250. The van der Waals surface area contributed by atoms with Gasteiger partial charge in [0.2, 0.25) is 0 Å². The van der Waals surface area contributed by atoms with Gasteiger partial charge < -0.3 is 9.47 Å². The monoisotopic (exact) mass is 484 g/mol. The van der Waals surface area contributed by atoms with E-state index in [-0.39, 0.29) is 24.7 Å². The summed E-state index contributed by atoms with van der Waals surface area (Å²) in [6.07, 6.45) is -8.95. The van der Waals surface area contributed by atoms with Crippen molar-refractivity contribution in [3.05, 3.63) is 88.0 Å². The lowest BCUT2D eigenvalue weighted by Gasteiger charge is -2.15. The molecule has 2 aromatic carbocycles. The Kier molecular flexibility index (Phi) is 7.18. The fourth-order valence-corrected chi connectivity index (χ4v) is 3.33. The van der Waals surface area contributed by atoms with E-state index >= 15 is 0 Å². The molecule has 3 rings (SSSR count). The highest BCUT2D eigenvalue weighted by Gasteiger charge is 2.38. The number of hydrogen-bond acceptors (Lipinski definition) is 4. The Bertz CT molecular complexity index is 1130. The first kappa shape index (κ1) is 25.1. The summed E-state index contributed by atoms with van der Waals surface area (Å²) in [6.45, 7) is 1.35. The van der Waals surface area contributed by atoms with E-state index in [0.717, 1.165) is 12.2 Å². The number of cyclic esters (lactones) is 1. The van der Waals surface area contributed by atoms with Crippen LogP contribution in [-0.2, 0) is 31.4 Å². The van der Waals surface area contributed by atoms with Gasteiger partial charge in [-0.2, -0.15) is 26.3 Å². The van der Waals surface area contributed by atoms with Crippen molar-refractivity contribution in [3.63, 3.8) is 0 Å². The SMILES string of the molecule is CCOC(=O)C(/C=C1/CC(c2ccccc2)OC1=O)=C/c1ccc(C(F)(F)F)cc1C(F)(F)F. The molecule has 4 nitrogen and oxygen atoms in total. The van der Waals surface area contributed by atoms with E-state index in [1.807, 2.05) is 0 Å². The molecule has 2 aromatic rings. The molecule has 34 heavy (non-hydrogen) atoms. The average Bonchev–Trinajstić information content (AvgIpc) is 3.13. The summed E-state index contributed by atoms with van der Waals surface area (Å²) in [4.78, 5) is 24.8. The van der Waals surface area contributed by atoms with Gasteiger partial charge in [-0.15, -0.1) is 0 Å². The van der Waals surface area contributed by atoms with E-state index in [4.69, 9.17) is 9.47 Å². The first-order valence-electron chi connectivity index (χ1n) is 10.0. The third-order valence-corrected chi connectivity index (χ3v) is 4.93. The van der Waals surface area contributed by atoms with Crippen molar-refractivity contribution < 1.29 is 45.4 Å². The van der Waals surface area contributed by atoms with Crippen LogP contribution in [0.25, 0.3) is 6.08 Å². The maximum Gasteiger partial charge on any atom is 0.417 e. The minimum Gasteiger partial charge on any atom is -0.462 e. The van der Waals surface area contributed by atoms with Crippen LogP contribution in [0.15, 0.2) is 65.8 Å². The molecular weight excluding hydrogens is 466 g/mol. The number of carbonyl (C=O) groups is 2. The first-order valence-corrected chi connectivity index (χ1v) is 10.0. The minimum absolute atomic E-state index is 0.00799. The second kappa shape index (κ2) is 9.74. The Balaban J connectivity index is 2.06. The zero-order chi connectivity index (χ0) is 25.1. The van der Waals surface area contributed by atoms with Crippen LogP contribution in [0.1, 0.15) is 41.7 Å². The third-order valence-electron chi connectivity index (χ3n) is 4.93. The third kappa shape index (κ3) is 5.86. The second-order valence-corrected chi connectivity index (χ2v) is 7.30. The molecule has 1 saturated heterocycles. The van der Waals surface area contributed by atoms with Gasteiger partial charge in [0.05, 0.1) is 23.3 Å². The number of carbonyl (C=O) groups excluding carboxylic acids is 2. The highest BCUT2D eigenvalue weighted by Crippen LogP contribution is 2.39. The number of rotatable bonds is 5. The number of halogens is 6. The van der Waals surface area contributed by atoms with E-state index < -0.39 is 52.7 Å². The molecule has 10 heteroatoms. The molecule has 1 atom stereocenters. The van der Waals surface area contributed by atoms with Crippen molar-refractivity contribution in [1.82, 2.24) is 0 Å². The largest absolute Gasteiger partial charge is 0.462 e. The van der Waals surface area contributed by atoms with Crippen LogP contribution in [0.3, 0.4) is 0 Å². The molecule has 1 heterocycles. The predicted molar refractivity (Wildman–Crippen MR) is 109 cm³/mol. The fourth-order valence-electron chi connectivity index (χ4n) is 3.33. The van der Waals surface area contributed by atoms with E-state index in [0.29, 0.717) is 17.7 Å². The zero-order valence-electron chi connectivity index (χ0n) is 17.7. The van der Waals surface area contributed by atoms with E-state index in [2.05, 4.69) is 0 Å². The molecule has 0 radical (unpaired) electrons. The summed E-state index contributed by atoms with van der Waals surface area (Å²) in [5.74, 6) is -1.81. The van der Waals surface area contributed by atoms with Crippen LogP contribution in [0.5, 0.6) is 0 Å². The van der Waals surface area contributed by atoms with Crippen LogP contribution in [0, 0.1) is 0 Å². The van der Waals surface area contributed by atoms with Gasteiger partial charge in [0.25, 0.3) is 0 Å². The molecule has 1 aliphatic rings. The molecule has 0 aromatic heterocycles. The van der Waals surface area contributed by atoms with Crippen LogP contribution in [-0.4, -0.2) is 18.5 Å². The van der Waals surface area contributed by atoms with Crippen LogP contribution >= 0.6 is 0 Å². The predicted octanol–water partition coefficient (Wildman–Crippen LogP) is 6.29. The highest BCUT2D eigenvalue weighted by atomic mass is 19.4. The Labute approximate surface area is 190 Å². The summed E-state index contributed by atoms with van der Waals surface area (Å²) in [5.41, 5.74) is -3.51. The van der Waals surface area contributed by atoms with Gasteiger partial charge >= 0.3 is 24.3 Å². The lowest BCUT2D eigenvalue weighted by atomic mass is 9.98. The molecule has 180 valence electrons. The van der Waals surface area contributed by atoms with E-state index in [9.17, 15) is 35.9 Å². The first-order chi connectivity index (χ1) is 15.9. The van der Waals surface area contributed by atoms with Gasteiger partial charge in [-0.1, -0.05) is 36.4 Å². The van der Waals surface area contributed by atoms with Crippen molar-refractivity contribution in [2.75, 3.05) is 6.61 Å². The topological polar surface area (TPSA) is 52.6 Å². The quantitative estimate of drug-likeness (QED) is 0.285. The molecular formula is C24H18F6O4. The smallest absolute Gasteiger partial charge is 0.417 e. The molecule has 0 amide bonds. The number of ether oxygens (including phenoxy) is 2. The Morgan fingerprint density at radius 2 is 1.74 bits per heavy atom. The summed E-state index contributed by atoms with van der Waals surface area (Å²) < 4.78 is 89.6. The number of esters is 2. The maximum absolute atomic E-state index is 13.5. The van der Waals surface area contributed by atoms with Crippen molar-refractivity contribution in [1.29, 1.82) is 0 Å². The van der Waals surface area contributed by atoms with Gasteiger partial charge in [-0.05, 0) is 42.3 Å². The highest BCUT2D eigenvalue weighted by molar-refractivity contribution is 6.00. The Hall–Kier alpha value is -3.56. The summed E-state index contributed by atoms with van der Waals surface area (Å²) in [5, 5.41) is 0. The van der Waals surface area contributed by atoms with Crippen LogP contribution < -0.4 is 0 Å². The normalized spacial score (nSPS) is 18.2. The standard InChI is InChI=1S/C24H18F6O4/c1-2-33-21(31)16(11-17-12-20(34-22(17)32)14-6-4-3-5-7-14)10-15-8-9-18(23(25,26)27)13-19(15)24(28,29)30/h3-11,13,20H,2,12H2,1H3/b16-10+,17-11-. The van der Waals surface area contributed by atoms with Gasteiger partial charge in [0.1, 0.15) is 6.10 Å². The minimum atomic E-state index is -5.13. The molecule has 0 saturated carbocycles. The Morgan fingerprint density at radius 3 is 2.32 bits per heavy atom. The number of hydrogen-bond donors (Lipinski definition) is 0. The lowest BCUT2D eigenvalue weighted by Crippen LogP contribution is -2.13. The van der Waals surface area contributed by atoms with E-state index in [1.165, 1.54) is 6.92 Å². The van der Waals surface area contributed by atoms with Gasteiger partial charge in [0.15, 0.2) is 0 Å². The van der Waals surface area contributed by atoms with Gasteiger partial charge in [-0.25, -0.2) is 9.59 Å². The van der Waals surface area contributed by atoms with Crippen molar-refractivity contribution >= 4 is 18.0 Å². The molecule has 1 aliphatic heterocycles. The van der Waals surface area contributed by atoms with Gasteiger partial charge in [0, 0.05) is 12.0 Å². The van der Waals surface area contributed by atoms with Crippen LogP contribution in [0.2, 0.25) is 0 Å². The van der Waals surface area contributed by atoms with E-state index in [1.54, 1.807) is 30.3 Å². The van der Waals surface area contributed by atoms with Crippen molar-refractivity contribution in [3.8, 4) is 0 Å². The molecule has 1 unspecified atom stereocenters. The Morgan fingerprint density at radius 1 is 1.06 bits per heavy atom. The molecule has 1 fully saturated rings. The van der Waals surface area contributed by atoms with Gasteiger partial charge in [-0.3, -0.25) is 0 Å². The molecule has 0 aliphatic carbocycles. The summed E-state index contributed by atoms with van der Waals surface area (Å²) >= 11 is 0. The average molecular weight is 484 g/mol. The zero-order valence-corrected chi connectivity index (χ0v) is 17.7. The molecule has 0 N–H and O–H groups in total. The molecule has 0 bridgehead atoms. The van der Waals surface area contributed by atoms with Crippen LogP contribution in [0.4, 0.5) is 26.3 Å². The second-order valence-electron chi connectivity index (χ2n) is 7.30. The summed E-state index contributed by atoms with van der Waals surface area (Å²) in [6, 6.07) is 9.74.